The molecule has 4 nitrogen and oxygen atoms in total. The van der Waals surface area contributed by atoms with E-state index in [4.69, 9.17) is 10.5 Å². The second-order valence-corrected chi connectivity index (χ2v) is 5.74. The molecule has 0 aliphatic carbocycles. The lowest BCUT2D eigenvalue weighted by Crippen LogP contribution is -2.36. The number of carbonyl (C=O) groups excluding carboxylic acids is 1. The number of ether oxygens (including phenoxy) is 1. The van der Waals surface area contributed by atoms with Gasteiger partial charge in [-0.25, -0.2) is 0 Å². The lowest BCUT2D eigenvalue weighted by Gasteiger charge is -2.27. The molecular weight excluding hydrogens is 260 g/mol. The molecule has 0 radical (unpaired) electrons. The molecule has 1 atom stereocenters. The van der Waals surface area contributed by atoms with Crippen molar-refractivity contribution in [3.05, 3.63) is 17.0 Å². The van der Waals surface area contributed by atoms with Gasteiger partial charge >= 0.3 is 5.97 Å². The van der Waals surface area contributed by atoms with Crippen LogP contribution in [0.15, 0.2) is 12.1 Å². The van der Waals surface area contributed by atoms with Crippen molar-refractivity contribution in [2.24, 2.45) is 0 Å². The Kier molecular flexibility index (Phi) is 6.87. The zero-order valence-corrected chi connectivity index (χ0v) is 12.8. The van der Waals surface area contributed by atoms with Crippen molar-refractivity contribution in [3.8, 4) is 0 Å². The van der Waals surface area contributed by atoms with Gasteiger partial charge in [0, 0.05) is 17.5 Å². The first kappa shape index (κ1) is 16.0. The average Bonchev–Trinajstić information content (AvgIpc) is 2.76. The molecule has 0 fully saturated rings. The molecule has 1 unspecified atom stereocenters. The fourth-order valence-electron chi connectivity index (χ4n) is 2.08. The molecule has 5 heteroatoms. The van der Waals surface area contributed by atoms with E-state index in [2.05, 4.69) is 24.8 Å². The number of hydrogen-bond acceptors (Lipinski definition) is 5. The Morgan fingerprint density at radius 3 is 2.74 bits per heavy atom. The highest BCUT2D eigenvalue weighted by atomic mass is 32.1. The van der Waals surface area contributed by atoms with Gasteiger partial charge in [-0.15, -0.1) is 11.3 Å². The zero-order chi connectivity index (χ0) is 14.3. The number of nitrogen functional groups attached to an aromatic ring is 1. The molecule has 0 aliphatic rings. The van der Waals surface area contributed by atoms with Crippen LogP contribution in [0.1, 0.15) is 32.1 Å². The minimum atomic E-state index is -0.117. The van der Waals surface area contributed by atoms with Crippen LogP contribution in [-0.2, 0) is 16.0 Å². The highest BCUT2D eigenvalue weighted by Gasteiger charge is 2.15. The van der Waals surface area contributed by atoms with Crippen LogP contribution in [-0.4, -0.2) is 36.6 Å². The Morgan fingerprint density at radius 1 is 1.47 bits per heavy atom. The van der Waals surface area contributed by atoms with Crippen molar-refractivity contribution >= 4 is 22.3 Å². The number of thiophene rings is 1. The van der Waals surface area contributed by atoms with Gasteiger partial charge in [0.05, 0.1) is 18.0 Å². The fourth-order valence-corrected chi connectivity index (χ4v) is 2.98. The molecule has 1 aromatic heterocycles. The maximum absolute atomic E-state index is 11.4. The largest absolute Gasteiger partial charge is 0.466 e. The Morgan fingerprint density at radius 2 is 2.21 bits per heavy atom. The highest BCUT2D eigenvalue weighted by Crippen LogP contribution is 2.21. The maximum atomic E-state index is 11.4. The fraction of sp³-hybridized carbons (Fsp3) is 0.643. The normalized spacial score (nSPS) is 12.6. The van der Waals surface area contributed by atoms with Gasteiger partial charge in [0.25, 0.3) is 0 Å². The van der Waals surface area contributed by atoms with Crippen molar-refractivity contribution < 1.29 is 9.53 Å². The van der Waals surface area contributed by atoms with E-state index < -0.39 is 0 Å². The van der Waals surface area contributed by atoms with E-state index in [0.717, 1.165) is 24.5 Å². The molecule has 19 heavy (non-hydrogen) atoms. The van der Waals surface area contributed by atoms with Crippen LogP contribution in [0.25, 0.3) is 0 Å². The topological polar surface area (TPSA) is 55.6 Å². The molecule has 0 amide bonds. The summed E-state index contributed by atoms with van der Waals surface area (Å²) in [7, 11) is 0. The summed E-state index contributed by atoms with van der Waals surface area (Å²) in [5.74, 6) is -0.117. The third-order valence-corrected chi connectivity index (χ3v) is 4.05. The van der Waals surface area contributed by atoms with Gasteiger partial charge in [0.1, 0.15) is 0 Å². The summed E-state index contributed by atoms with van der Waals surface area (Å²) < 4.78 is 4.96. The number of likely N-dealkylation sites (N-methyl/N-ethyl adjacent to an activating group) is 1. The number of hydrogen-bond donors (Lipinski definition) is 1. The van der Waals surface area contributed by atoms with Gasteiger partial charge in [0.15, 0.2) is 0 Å². The Balaban J connectivity index is 2.42. The van der Waals surface area contributed by atoms with E-state index in [1.165, 1.54) is 4.88 Å². The molecule has 2 N–H and O–H groups in total. The third-order valence-electron chi connectivity index (χ3n) is 3.12. The Labute approximate surface area is 119 Å². The molecule has 0 saturated heterocycles. The number of anilines is 1. The number of nitrogens with two attached hydrogens (primary N) is 1. The smallest absolute Gasteiger partial charge is 0.307 e. The maximum Gasteiger partial charge on any atom is 0.307 e. The van der Waals surface area contributed by atoms with Gasteiger partial charge in [0.2, 0.25) is 0 Å². The molecule has 1 rings (SSSR count). The van der Waals surface area contributed by atoms with Crippen molar-refractivity contribution in [2.75, 3.05) is 25.4 Å². The molecule has 1 aromatic rings. The van der Waals surface area contributed by atoms with Gasteiger partial charge in [-0.1, -0.05) is 6.92 Å². The summed E-state index contributed by atoms with van der Waals surface area (Å²) in [6, 6.07) is 4.43. The number of esters is 1. The van der Waals surface area contributed by atoms with Crippen molar-refractivity contribution in [2.45, 2.75) is 39.7 Å². The first-order valence-electron chi connectivity index (χ1n) is 6.80. The van der Waals surface area contributed by atoms with E-state index >= 15 is 0 Å². The van der Waals surface area contributed by atoms with Crippen LogP contribution >= 0.6 is 11.3 Å². The third kappa shape index (κ3) is 5.61. The summed E-state index contributed by atoms with van der Waals surface area (Å²) in [6.07, 6.45) is 1.43. The predicted octanol–water partition coefficient (Wildman–Crippen LogP) is 2.54. The standard InChI is InChI=1S/C14H24N2O2S/c1-4-16(9-8-14(17)18-5-2)11(3)10-12-6-7-13(15)19-12/h6-7,11H,4-5,8-10,15H2,1-3H3. The van der Waals surface area contributed by atoms with E-state index in [9.17, 15) is 4.79 Å². The molecular formula is C14H24N2O2S. The van der Waals surface area contributed by atoms with E-state index in [1.807, 2.05) is 13.0 Å². The van der Waals surface area contributed by atoms with Gasteiger partial charge in [-0.3, -0.25) is 9.69 Å². The number of nitrogens with zero attached hydrogens (tertiary/aromatic N) is 1. The zero-order valence-electron chi connectivity index (χ0n) is 12.0. The molecule has 0 aromatic carbocycles. The van der Waals surface area contributed by atoms with Crippen LogP contribution in [0, 0.1) is 0 Å². The van der Waals surface area contributed by atoms with Gasteiger partial charge in [-0.2, -0.15) is 0 Å². The van der Waals surface area contributed by atoms with E-state index in [-0.39, 0.29) is 5.97 Å². The minimum absolute atomic E-state index is 0.117. The molecule has 108 valence electrons. The SMILES string of the molecule is CCOC(=O)CCN(CC)C(C)Cc1ccc(N)s1. The lowest BCUT2D eigenvalue weighted by molar-refractivity contribution is -0.143. The first-order chi connectivity index (χ1) is 9.06. The summed E-state index contributed by atoms with van der Waals surface area (Å²) in [5, 5.41) is 0.858. The molecule has 0 bridgehead atoms. The second-order valence-electron chi connectivity index (χ2n) is 4.54. The van der Waals surface area contributed by atoms with E-state index in [0.29, 0.717) is 19.1 Å². The highest BCUT2D eigenvalue weighted by molar-refractivity contribution is 7.15. The molecule has 0 aliphatic heterocycles. The van der Waals surface area contributed by atoms with Crippen LogP contribution in [0.5, 0.6) is 0 Å². The summed E-state index contributed by atoms with van der Waals surface area (Å²) in [5.41, 5.74) is 5.74. The average molecular weight is 284 g/mol. The summed E-state index contributed by atoms with van der Waals surface area (Å²) in [4.78, 5) is 15.0. The van der Waals surface area contributed by atoms with Crippen molar-refractivity contribution in [1.29, 1.82) is 0 Å². The number of rotatable bonds is 8. The van der Waals surface area contributed by atoms with E-state index in [1.54, 1.807) is 11.3 Å². The van der Waals surface area contributed by atoms with Crippen LogP contribution < -0.4 is 5.73 Å². The van der Waals surface area contributed by atoms with Gasteiger partial charge in [-0.05, 0) is 38.9 Å². The van der Waals surface area contributed by atoms with Crippen LogP contribution in [0.2, 0.25) is 0 Å². The minimum Gasteiger partial charge on any atom is -0.466 e. The quantitative estimate of drug-likeness (QED) is 0.745. The molecule has 0 saturated carbocycles. The Hall–Kier alpha value is -1.07. The molecule has 0 spiro atoms. The summed E-state index contributed by atoms with van der Waals surface area (Å²) in [6.45, 7) is 8.27. The van der Waals surface area contributed by atoms with Crippen LogP contribution in [0.3, 0.4) is 0 Å². The lowest BCUT2D eigenvalue weighted by atomic mass is 10.1. The van der Waals surface area contributed by atoms with Crippen molar-refractivity contribution in [3.63, 3.8) is 0 Å². The Bertz CT molecular complexity index is 393. The van der Waals surface area contributed by atoms with Gasteiger partial charge < -0.3 is 10.5 Å². The van der Waals surface area contributed by atoms with Crippen molar-refractivity contribution in [1.82, 2.24) is 4.90 Å². The van der Waals surface area contributed by atoms with Crippen LogP contribution in [0.4, 0.5) is 5.00 Å². The first-order valence-corrected chi connectivity index (χ1v) is 7.62. The monoisotopic (exact) mass is 284 g/mol. The second kappa shape index (κ2) is 8.17. The number of carbonyl (C=O) groups is 1. The molecule has 1 heterocycles. The summed E-state index contributed by atoms with van der Waals surface area (Å²) >= 11 is 1.64. The predicted molar refractivity (Wildman–Crippen MR) is 80.4 cm³/mol.